The smallest absolute Gasteiger partial charge is 0.310 e. The van der Waals surface area contributed by atoms with Crippen molar-refractivity contribution in [1.29, 1.82) is 0 Å². The van der Waals surface area contributed by atoms with Gasteiger partial charge in [0.1, 0.15) is 21.9 Å². The molecule has 5 aromatic rings. The Labute approximate surface area is 187 Å². The Morgan fingerprint density at radius 3 is 2.55 bits per heavy atom. The van der Waals surface area contributed by atoms with Gasteiger partial charge in [-0.1, -0.05) is 31.2 Å². The second kappa shape index (κ2) is 7.23. The molecule has 0 spiro atoms. The van der Waals surface area contributed by atoms with Crippen molar-refractivity contribution in [2.75, 3.05) is 5.75 Å². The molecular weight excluding hydrogens is 491 g/mol. The third-order valence-electron chi connectivity index (χ3n) is 5.06. The van der Waals surface area contributed by atoms with E-state index in [1.807, 2.05) is 41.8 Å². The molecule has 0 aliphatic carbocycles. The van der Waals surface area contributed by atoms with Crippen molar-refractivity contribution in [2.45, 2.75) is 18.1 Å². The molecule has 0 fully saturated rings. The summed E-state index contributed by atoms with van der Waals surface area (Å²) in [6.45, 7) is 2.04. The van der Waals surface area contributed by atoms with E-state index in [0.717, 1.165) is 43.9 Å². The van der Waals surface area contributed by atoms with Crippen LogP contribution in [-0.2, 0) is 13.2 Å². The molecule has 31 heavy (non-hydrogen) atoms. The summed E-state index contributed by atoms with van der Waals surface area (Å²) < 4.78 is 44.0. The summed E-state index contributed by atoms with van der Waals surface area (Å²) in [5.74, 6) is 1.27. The first-order valence-corrected chi connectivity index (χ1v) is 11.2. The van der Waals surface area contributed by atoms with Crippen molar-refractivity contribution >= 4 is 55.3 Å². The van der Waals surface area contributed by atoms with Gasteiger partial charge in [0.2, 0.25) is 0 Å². The lowest BCUT2D eigenvalue weighted by Gasteiger charge is -2.06. The molecule has 10 heteroatoms. The van der Waals surface area contributed by atoms with Gasteiger partial charge in [-0.2, -0.15) is 13.2 Å². The minimum Gasteiger partial charge on any atom is -0.310 e. The average Bonchev–Trinajstić information content (AvgIpc) is 3.26. The summed E-state index contributed by atoms with van der Waals surface area (Å²) in [4.78, 5) is 13.4. The topological polar surface area (TPSA) is 48.0 Å². The molecular formula is C21H15BrF3N5S. The Hall–Kier alpha value is -2.59. The molecule has 0 N–H and O–H groups in total. The number of aromatic nitrogens is 5. The predicted molar refractivity (Wildman–Crippen MR) is 119 cm³/mol. The zero-order chi connectivity index (χ0) is 21.9. The van der Waals surface area contributed by atoms with E-state index >= 15 is 0 Å². The highest BCUT2D eigenvalue weighted by atomic mass is 79.9. The van der Waals surface area contributed by atoms with Crippen LogP contribution in [-0.4, -0.2) is 29.7 Å². The first-order valence-electron chi connectivity index (χ1n) is 9.41. The van der Waals surface area contributed by atoms with Crippen molar-refractivity contribution < 1.29 is 13.2 Å². The van der Waals surface area contributed by atoms with Crippen molar-refractivity contribution in [3.05, 3.63) is 52.8 Å². The van der Waals surface area contributed by atoms with Gasteiger partial charge in [0.25, 0.3) is 0 Å². The van der Waals surface area contributed by atoms with Crippen molar-refractivity contribution in [3.63, 3.8) is 0 Å². The number of hydrogen-bond donors (Lipinski definition) is 0. The van der Waals surface area contributed by atoms with Crippen LogP contribution in [0.3, 0.4) is 0 Å². The number of imidazole rings is 2. The molecule has 0 saturated heterocycles. The summed E-state index contributed by atoms with van der Waals surface area (Å²) in [6, 6.07) is 8.95. The lowest BCUT2D eigenvalue weighted by atomic mass is 10.2. The minimum absolute atomic E-state index is 0.183. The Bertz CT molecular complexity index is 1470. The van der Waals surface area contributed by atoms with E-state index < -0.39 is 11.7 Å². The molecule has 0 bridgehead atoms. The minimum atomic E-state index is -4.48. The molecule has 0 amide bonds. The lowest BCUT2D eigenvalue weighted by molar-refractivity contribution is -0.137. The summed E-state index contributed by atoms with van der Waals surface area (Å²) in [7, 11) is 1.74. The molecule has 0 atom stereocenters. The Morgan fingerprint density at radius 2 is 1.84 bits per heavy atom. The summed E-state index contributed by atoms with van der Waals surface area (Å²) >= 11 is 5.24. The summed E-state index contributed by atoms with van der Waals surface area (Å²) in [6.07, 6.45) is -1.67. The molecule has 1 aromatic carbocycles. The summed E-state index contributed by atoms with van der Waals surface area (Å²) in [5, 5.41) is 2.87. The van der Waals surface area contributed by atoms with Crippen LogP contribution < -0.4 is 0 Å². The summed E-state index contributed by atoms with van der Waals surface area (Å²) in [5.41, 5.74) is 1.11. The van der Waals surface area contributed by atoms with Crippen LogP contribution in [0.5, 0.6) is 0 Å². The SMILES string of the molecule is CCSc1c(-c2nc3cc(C(F)(F)F)cnc3n2C)nc2c3ccccc3c(Br)cn12. The monoisotopic (exact) mass is 505 g/mol. The third-order valence-corrected chi connectivity index (χ3v) is 6.65. The van der Waals surface area contributed by atoms with Crippen molar-refractivity contribution in [1.82, 2.24) is 23.9 Å². The Morgan fingerprint density at radius 1 is 1.10 bits per heavy atom. The van der Waals surface area contributed by atoms with Crippen molar-refractivity contribution in [3.8, 4) is 11.5 Å². The third kappa shape index (κ3) is 3.20. The van der Waals surface area contributed by atoms with Crippen LogP contribution >= 0.6 is 27.7 Å². The van der Waals surface area contributed by atoms with E-state index in [2.05, 4.69) is 25.9 Å². The quantitative estimate of drug-likeness (QED) is 0.269. The second-order valence-corrected chi connectivity index (χ2v) is 9.08. The van der Waals surface area contributed by atoms with Crippen LogP contribution in [0.25, 0.3) is 39.1 Å². The first kappa shape index (κ1) is 20.3. The number of fused-ring (bicyclic) bond motifs is 4. The van der Waals surface area contributed by atoms with Crippen LogP contribution in [0.1, 0.15) is 12.5 Å². The fourth-order valence-corrected chi connectivity index (χ4v) is 5.04. The van der Waals surface area contributed by atoms with E-state index in [9.17, 15) is 13.2 Å². The zero-order valence-electron chi connectivity index (χ0n) is 16.4. The normalized spacial score (nSPS) is 12.5. The number of pyridine rings is 2. The Balaban J connectivity index is 1.82. The van der Waals surface area contributed by atoms with Gasteiger partial charge in [0.15, 0.2) is 11.5 Å². The van der Waals surface area contributed by atoms with Gasteiger partial charge in [0.05, 0.1) is 5.56 Å². The van der Waals surface area contributed by atoms with Crippen LogP contribution in [0, 0.1) is 0 Å². The molecule has 5 rings (SSSR count). The van der Waals surface area contributed by atoms with Gasteiger partial charge in [-0.25, -0.2) is 15.0 Å². The molecule has 0 saturated carbocycles. The second-order valence-electron chi connectivity index (χ2n) is 6.97. The van der Waals surface area contributed by atoms with E-state index in [0.29, 0.717) is 17.2 Å². The number of thioether (sulfide) groups is 1. The molecule has 0 unspecified atom stereocenters. The number of aryl methyl sites for hydroxylation is 1. The van der Waals surface area contributed by atoms with Gasteiger partial charge < -0.3 is 4.57 Å². The predicted octanol–water partition coefficient (Wildman–Crippen LogP) is 6.33. The largest absolute Gasteiger partial charge is 0.417 e. The number of nitrogens with zero attached hydrogens (tertiary/aromatic N) is 5. The highest BCUT2D eigenvalue weighted by Gasteiger charge is 2.32. The molecule has 4 heterocycles. The van der Waals surface area contributed by atoms with Gasteiger partial charge in [-0.15, -0.1) is 11.8 Å². The maximum Gasteiger partial charge on any atom is 0.417 e. The van der Waals surface area contributed by atoms with Gasteiger partial charge in [-0.05, 0) is 27.7 Å². The fourth-order valence-electron chi connectivity index (χ4n) is 3.66. The van der Waals surface area contributed by atoms with E-state index in [1.165, 1.54) is 0 Å². The van der Waals surface area contributed by atoms with Crippen LogP contribution in [0.15, 0.2) is 52.2 Å². The molecule has 4 aromatic heterocycles. The first-order chi connectivity index (χ1) is 14.8. The molecule has 0 radical (unpaired) electrons. The number of hydrogen-bond acceptors (Lipinski definition) is 4. The average molecular weight is 506 g/mol. The number of benzene rings is 1. The Kier molecular flexibility index (Phi) is 4.74. The van der Waals surface area contributed by atoms with Gasteiger partial charge in [0, 0.05) is 34.7 Å². The number of alkyl halides is 3. The van der Waals surface area contributed by atoms with Crippen LogP contribution in [0.2, 0.25) is 0 Å². The van der Waals surface area contributed by atoms with Crippen LogP contribution in [0.4, 0.5) is 13.2 Å². The number of rotatable bonds is 3. The maximum atomic E-state index is 13.1. The molecule has 5 nitrogen and oxygen atoms in total. The van der Waals surface area contributed by atoms with E-state index in [1.54, 1.807) is 23.4 Å². The van der Waals surface area contributed by atoms with Crippen molar-refractivity contribution in [2.24, 2.45) is 7.05 Å². The van der Waals surface area contributed by atoms with Gasteiger partial charge in [-0.3, -0.25) is 4.40 Å². The van der Waals surface area contributed by atoms with E-state index in [4.69, 9.17) is 4.98 Å². The molecule has 158 valence electrons. The van der Waals surface area contributed by atoms with E-state index in [-0.39, 0.29) is 5.52 Å². The highest BCUT2D eigenvalue weighted by molar-refractivity contribution is 9.10. The zero-order valence-corrected chi connectivity index (χ0v) is 18.8. The molecule has 0 aliphatic heterocycles. The standard InChI is InChI=1S/C21H15BrF3N5S/c1-3-31-20-16(28-17-13-7-5-4-6-12(13)14(22)10-30(17)20)19-27-15-8-11(21(23,24)25)9-26-18(15)29(19)2/h4-10H,3H2,1-2H3. The fraction of sp³-hybridized carbons (Fsp3) is 0.190. The van der Waals surface area contributed by atoms with Gasteiger partial charge >= 0.3 is 6.18 Å². The maximum absolute atomic E-state index is 13.1. The number of halogens is 4. The highest BCUT2D eigenvalue weighted by Crippen LogP contribution is 2.37. The molecule has 0 aliphatic rings. The lowest BCUT2D eigenvalue weighted by Crippen LogP contribution is -2.05.